The number of carbonyl (C=O) groups is 2. The molecule has 0 radical (unpaired) electrons. The van der Waals surface area contributed by atoms with Gasteiger partial charge < -0.3 is 5.11 Å². The van der Waals surface area contributed by atoms with Crippen molar-refractivity contribution in [2.45, 2.75) is 32.6 Å². The molecule has 3 heteroatoms. The number of carbonyl (C=O) groups excluding carboxylic acids is 2. The third kappa shape index (κ3) is 2.28. The highest BCUT2D eigenvalue weighted by atomic mass is 16.3. The molecule has 0 amide bonds. The molecule has 0 heterocycles. The Morgan fingerprint density at radius 2 is 1.71 bits per heavy atom. The molecule has 2 aliphatic rings. The number of phenols is 1. The molecular formula is C21H18O3. The number of hydrogen-bond acceptors (Lipinski definition) is 3. The Morgan fingerprint density at radius 3 is 2.50 bits per heavy atom. The molecule has 0 aromatic heterocycles. The van der Waals surface area contributed by atoms with Crippen LogP contribution in [-0.2, 0) is 12.8 Å². The molecule has 0 saturated carbocycles. The largest absolute Gasteiger partial charge is 0.507 e. The molecule has 0 unspecified atom stereocenters. The topological polar surface area (TPSA) is 54.4 Å². The fraction of sp³-hybridized carbons (Fsp3) is 0.238. The average molecular weight is 318 g/mol. The van der Waals surface area contributed by atoms with Crippen molar-refractivity contribution in [1.82, 2.24) is 0 Å². The van der Waals surface area contributed by atoms with Gasteiger partial charge in [-0.15, -0.1) is 0 Å². The van der Waals surface area contributed by atoms with Crippen molar-refractivity contribution >= 4 is 17.1 Å². The van der Waals surface area contributed by atoms with Gasteiger partial charge in [0, 0.05) is 11.1 Å². The van der Waals surface area contributed by atoms with Gasteiger partial charge in [-0.2, -0.15) is 0 Å². The van der Waals surface area contributed by atoms with Crippen LogP contribution in [0.5, 0.6) is 5.75 Å². The van der Waals surface area contributed by atoms with Crippen LogP contribution in [-0.4, -0.2) is 16.7 Å². The molecular weight excluding hydrogens is 300 g/mol. The van der Waals surface area contributed by atoms with Gasteiger partial charge in [-0.1, -0.05) is 18.2 Å². The van der Waals surface area contributed by atoms with Gasteiger partial charge in [-0.25, -0.2) is 0 Å². The first kappa shape index (κ1) is 14.9. The van der Waals surface area contributed by atoms with Crippen molar-refractivity contribution in [2.24, 2.45) is 0 Å². The van der Waals surface area contributed by atoms with Gasteiger partial charge >= 0.3 is 0 Å². The Labute approximate surface area is 140 Å². The molecule has 3 nitrogen and oxygen atoms in total. The van der Waals surface area contributed by atoms with Crippen LogP contribution in [0.1, 0.15) is 55.8 Å². The minimum Gasteiger partial charge on any atom is -0.507 e. The maximum atomic E-state index is 12.9. The minimum absolute atomic E-state index is 0.119. The summed E-state index contributed by atoms with van der Waals surface area (Å²) in [5.41, 5.74) is 4.91. The van der Waals surface area contributed by atoms with Gasteiger partial charge in [-0.3, -0.25) is 9.59 Å². The molecule has 0 aliphatic heterocycles. The lowest BCUT2D eigenvalue weighted by Crippen LogP contribution is -2.17. The Balaban J connectivity index is 1.83. The van der Waals surface area contributed by atoms with Crippen LogP contribution in [0.2, 0.25) is 0 Å². The van der Waals surface area contributed by atoms with Gasteiger partial charge in [0.2, 0.25) is 0 Å². The van der Waals surface area contributed by atoms with Crippen LogP contribution >= 0.6 is 0 Å². The standard InChI is InChI=1S/C21H18O3/c1-12-8-17-18(22)11-16(21(24)20(17)19(23)9-12)15-7-6-13-4-2-3-5-14(13)10-15/h6-11,23H,2-5H2,1H3. The molecule has 2 aromatic carbocycles. The van der Waals surface area contributed by atoms with E-state index < -0.39 is 0 Å². The van der Waals surface area contributed by atoms with Gasteiger partial charge in [-0.05, 0) is 73.1 Å². The van der Waals surface area contributed by atoms with E-state index in [1.807, 2.05) is 12.1 Å². The lowest BCUT2D eigenvalue weighted by molar-refractivity contribution is 0.0999. The summed E-state index contributed by atoms with van der Waals surface area (Å²) in [6.45, 7) is 1.79. The number of aromatic hydroxyl groups is 1. The zero-order chi connectivity index (χ0) is 16.8. The van der Waals surface area contributed by atoms with Crippen LogP contribution in [0.4, 0.5) is 0 Å². The van der Waals surface area contributed by atoms with Crippen molar-refractivity contribution in [3.63, 3.8) is 0 Å². The van der Waals surface area contributed by atoms with E-state index >= 15 is 0 Å². The maximum absolute atomic E-state index is 12.9. The summed E-state index contributed by atoms with van der Waals surface area (Å²) in [6, 6.07) is 9.20. The summed E-state index contributed by atoms with van der Waals surface area (Å²) in [5, 5.41) is 10.2. The third-order valence-electron chi connectivity index (χ3n) is 4.93. The molecule has 24 heavy (non-hydrogen) atoms. The Kier molecular flexibility index (Phi) is 3.38. The van der Waals surface area contributed by atoms with Crippen molar-refractivity contribution in [3.8, 4) is 5.75 Å². The van der Waals surface area contributed by atoms with E-state index in [0.717, 1.165) is 30.4 Å². The van der Waals surface area contributed by atoms with Crippen molar-refractivity contribution in [2.75, 3.05) is 0 Å². The second-order valence-corrected chi connectivity index (χ2v) is 6.65. The van der Waals surface area contributed by atoms with Gasteiger partial charge in [0.15, 0.2) is 11.6 Å². The molecule has 4 rings (SSSR count). The van der Waals surface area contributed by atoms with Crippen molar-refractivity contribution < 1.29 is 14.7 Å². The van der Waals surface area contributed by atoms with Gasteiger partial charge in [0.25, 0.3) is 0 Å². The van der Waals surface area contributed by atoms with Crippen LogP contribution < -0.4 is 0 Å². The summed E-state index contributed by atoms with van der Waals surface area (Å²) < 4.78 is 0. The zero-order valence-electron chi connectivity index (χ0n) is 13.6. The molecule has 2 aliphatic carbocycles. The first-order chi connectivity index (χ1) is 11.5. The van der Waals surface area contributed by atoms with Crippen molar-refractivity contribution in [1.29, 1.82) is 0 Å². The third-order valence-corrected chi connectivity index (χ3v) is 4.93. The monoisotopic (exact) mass is 318 g/mol. The fourth-order valence-electron chi connectivity index (χ4n) is 3.72. The van der Waals surface area contributed by atoms with E-state index in [1.165, 1.54) is 29.7 Å². The highest BCUT2D eigenvalue weighted by Gasteiger charge is 2.29. The summed E-state index contributed by atoms with van der Waals surface area (Å²) in [7, 11) is 0. The fourth-order valence-corrected chi connectivity index (χ4v) is 3.72. The molecule has 0 spiro atoms. The Morgan fingerprint density at radius 1 is 0.958 bits per heavy atom. The molecule has 0 saturated heterocycles. The molecule has 0 atom stereocenters. The Hall–Kier alpha value is -2.68. The van der Waals surface area contributed by atoms with E-state index in [1.54, 1.807) is 13.0 Å². The molecule has 1 N–H and O–H groups in total. The molecule has 120 valence electrons. The van der Waals surface area contributed by atoms with Gasteiger partial charge in [0.1, 0.15) is 5.75 Å². The van der Waals surface area contributed by atoms with Crippen LogP contribution in [0.15, 0.2) is 36.4 Å². The van der Waals surface area contributed by atoms with Crippen molar-refractivity contribution in [3.05, 3.63) is 69.8 Å². The second kappa shape index (κ2) is 5.45. The van der Waals surface area contributed by atoms with E-state index in [4.69, 9.17) is 0 Å². The van der Waals surface area contributed by atoms with Crippen LogP contribution in [0, 0.1) is 6.92 Å². The molecule has 2 aromatic rings. The highest BCUT2D eigenvalue weighted by Crippen LogP contribution is 2.35. The smallest absolute Gasteiger partial charge is 0.198 e. The highest BCUT2D eigenvalue weighted by molar-refractivity contribution is 6.39. The lowest BCUT2D eigenvalue weighted by atomic mass is 9.83. The Bertz CT molecular complexity index is 919. The summed E-state index contributed by atoms with van der Waals surface area (Å²) in [6.07, 6.45) is 5.86. The first-order valence-electron chi connectivity index (χ1n) is 8.31. The quantitative estimate of drug-likeness (QED) is 0.863. The number of rotatable bonds is 1. The number of allylic oxidation sites excluding steroid dienone is 2. The number of phenolic OH excluding ortho intramolecular Hbond substituents is 1. The predicted octanol–water partition coefficient (Wildman–Crippen LogP) is 4.04. The number of fused-ring (bicyclic) bond motifs is 2. The van der Waals surface area contributed by atoms with Gasteiger partial charge in [0.05, 0.1) is 5.56 Å². The first-order valence-corrected chi connectivity index (χ1v) is 8.31. The normalized spacial score (nSPS) is 16.5. The van der Waals surface area contributed by atoms with E-state index in [0.29, 0.717) is 11.1 Å². The second-order valence-electron chi connectivity index (χ2n) is 6.65. The number of aryl methyl sites for hydroxylation is 3. The summed E-state index contributed by atoms with van der Waals surface area (Å²) in [5.74, 6) is -0.624. The van der Waals surface area contributed by atoms with Crippen LogP contribution in [0.3, 0.4) is 0 Å². The summed E-state index contributed by atoms with van der Waals surface area (Å²) in [4.78, 5) is 25.4. The van der Waals surface area contributed by atoms with E-state index in [-0.39, 0.29) is 22.9 Å². The number of benzene rings is 2. The molecule has 0 bridgehead atoms. The lowest BCUT2D eigenvalue weighted by Gasteiger charge is -2.20. The predicted molar refractivity (Wildman–Crippen MR) is 92.6 cm³/mol. The minimum atomic E-state index is -0.280. The molecule has 0 fully saturated rings. The van der Waals surface area contributed by atoms with Crippen LogP contribution in [0.25, 0.3) is 5.57 Å². The van der Waals surface area contributed by atoms with E-state index in [2.05, 4.69) is 6.07 Å². The number of hydrogen-bond donors (Lipinski definition) is 1. The maximum Gasteiger partial charge on any atom is 0.198 e. The number of ketones is 2. The number of Topliss-reactive ketones (excluding diaryl/α,β-unsaturated/α-hetero) is 1. The average Bonchev–Trinajstić information content (AvgIpc) is 2.57. The summed E-state index contributed by atoms with van der Waals surface area (Å²) >= 11 is 0. The van der Waals surface area contributed by atoms with E-state index in [9.17, 15) is 14.7 Å². The SMILES string of the molecule is Cc1cc(O)c2c(c1)C(=O)C=C(c1ccc3c(c1)CCCC3)C2=O. The zero-order valence-corrected chi connectivity index (χ0v) is 13.6.